The highest BCUT2D eigenvalue weighted by atomic mass is 32.1. The maximum atomic E-state index is 12.3. The Morgan fingerprint density at radius 3 is 2.74 bits per heavy atom. The number of pyridine rings is 1. The number of hydrogen-bond donors (Lipinski definition) is 1. The van der Waals surface area contributed by atoms with Gasteiger partial charge in [-0.3, -0.25) is 4.79 Å². The fourth-order valence-corrected chi connectivity index (χ4v) is 4.90. The van der Waals surface area contributed by atoms with Crippen LogP contribution in [0.5, 0.6) is 0 Å². The Hall–Kier alpha value is -2.15. The van der Waals surface area contributed by atoms with Crippen molar-refractivity contribution in [3.05, 3.63) is 29.3 Å². The third kappa shape index (κ3) is 3.93. The lowest BCUT2D eigenvalue weighted by atomic mass is 10.2. The van der Waals surface area contributed by atoms with Crippen molar-refractivity contribution in [3.8, 4) is 0 Å². The van der Waals surface area contributed by atoms with Gasteiger partial charge in [-0.15, -0.1) is 11.3 Å². The van der Waals surface area contributed by atoms with Gasteiger partial charge in [-0.05, 0) is 57.1 Å². The molecular formula is C20H25N3O3S. The van der Waals surface area contributed by atoms with Crippen molar-refractivity contribution in [1.82, 2.24) is 15.2 Å². The van der Waals surface area contributed by atoms with Crippen LogP contribution in [-0.4, -0.2) is 47.1 Å². The fourth-order valence-electron chi connectivity index (χ4n) is 3.98. The van der Waals surface area contributed by atoms with Crippen LogP contribution in [0.1, 0.15) is 36.9 Å². The molecule has 0 bridgehead atoms. The molecule has 7 heteroatoms. The number of amides is 2. The third-order valence-corrected chi connectivity index (χ3v) is 6.36. The number of rotatable bonds is 4. The van der Waals surface area contributed by atoms with Crippen LogP contribution in [0, 0.1) is 17.8 Å². The summed E-state index contributed by atoms with van der Waals surface area (Å²) in [4.78, 5) is 32.1. The topological polar surface area (TPSA) is 71.5 Å². The van der Waals surface area contributed by atoms with E-state index in [4.69, 9.17) is 4.74 Å². The van der Waals surface area contributed by atoms with Crippen LogP contribution in [0.25, 0.3) is 10.2 Å². The minimum absolute atomic E-state index is 0.0285. The SMILES string of the molecule is CC(C)(C)OC(=O)N1CC2C(CCNC(=O)c3cc4cccnc4s3)C2C1. The molecule has 2 fully saturated rings. The molecule has 2 aromatic rings. The summed E-state index contributed by atoms with van der Waals surface area (Å²) in [5, 5.41) is 4.03. The van der Waals surface area contributed by atoms with Crippen molar-refractivity contribution in [2.75, 3.05) is 19.6 Å². The number of ether oxygens (including phenoxy) is 1. The van der Waals surface area contributed by atoms with Gasteiger partial charge in [0.15, 0.2) is 0 Å². The maximum Gasteiger partial charge on any atom is 0.410 e. The van der Waals surface area contributed by atoms with Gasteiger partial charge in [0.2, 0.25) is 0 Å². The number of carbonyl (C=O) groups excluding carboxylic acids is 2. The minimum Gasteiger partial charge on any atom is -0.444 e. The summed E-state index contributed by atoms with van der Waals surface area (Å²) in [5.74, 6) is 1.69. The van der Waals surface area contributed by atoms with Gasteiger partial charge in [0.1, 0.15) is 10.4 Å². The van der Waals surface area contributed by atoms with Crippen LogP contribution < -0.4 is 5.32 Å². The predicted molar refractivity (Wildman–Crippen MR) is 105 cm³/mol. The Morgan fingerprint density at radius 2 is 2.07 bits per heavy atom. The van der Waals surface area contributed by atoms with Gasteiger partial charge in [-0.2, -0.15) is 0 Å². The molecular weight excluding hydrogens is 362 g/mol. The van der Waals surface area contributed by atoms with Crippen molar-refractivity contribution in [1.29, 1.82) is 0 Å². The van der Waals surface area contributed by atoms with Crippen LogP contribution in [0.2, 0.25) is 0 Å². The quantitative estimate of drug-likeness (QED) is 0.871. The molecule has 2 aromatic heterocycles. The van der Waals surface area contributed by atoms with Crippen molar-refractivity contribution in [3.63, 3.8) is 0 Å². The van der Waals surface area contributed by atoms with Crippen molar-refractivity contribution in [2.45, 2.75) is 32.8 Å². The standard InChI is InChI=1S/C20H25N3O3S/c1-20(2,3)26-19(25)23-10-14-13(15(14)11-23)6-8-21-17(24)16-9-12-5-4-7-22-18(12)27-16/h4-5,7,9,13-15H,6,8,10-11H2,1-3H3,(H,21,24). The smallest absolute Gasteiger partial charge is 0.410 e. The lowest BCUT2D eigenvalue weighted by Gasteiger charge is -2.25. The highest BCUT2D eigenvalue weighted by Gasteiger charge is 2.56. The Kier molecular flexibility index (Phi) is 4.58. The monoisotopic (exact) mass is 387 g/mol. The van der Waals surface area contributed by atoms with Gasteiger partial charge in [0.25, 0.3) is 5.91 Å². The lowest BCUT2D eigenvalue weighted by Crippen LogP contribution is -2.37. The summed E-state index contributed by atoms with van der Waals surface area (Å²) in [6, 6.07) is 5.74. The van der Waals surface area contributed by atoms with Crippen LogP contribution >= 0.6 is 11.3 Å². The number of likely N-dealkylation sites (tertiary alicyclic amines) is 1. The lowest BCUT2D eigenvalue weighted by molar-refractivity contribution is 0.0265. The molecule has 1 saturated carbocycles. The van der Waals surface area contributed by atoms with Crippen molar-refractivity contribution < 1.29 is 14.3 Å². The molecule has 1 aliphatic heterocycles. The summed E-state index contributed by atoms with van der Waals surface area (Å²) in [5.41, 5.74) is -0.449. The van der Waals surface area contributed by atoms with Gasteiger partial charge in [0.05, 0.1) is 4.88 Å². The molecule has 2 amide bonds. The Balaban J connectivity index is 1.21. The zero-order valence-electron chi connectivity index (χ0n) is 15.9. The first-order valence-corrected chi connectivity index (χ1v) is 10.2. The van der Waals surface area contributed by atoms with E-state index in [0.717, 1.165) is 29.7 Å². The molecule has 0 aromatic carbocycles. The van der Waals surface area contributed by atoms with E-state index >= 15 is 0 Å². The molecule has 0 radical (unpaired) electrons. The van der Waals surface area contributed by atoms with Gasteiger partial charge >= 0.3 is 6.09 Å². The van der Waals surface area contributed by atoms with E-state index in [-0.39, 0.29) is 12.0 Å². The molecule has 1 saturated heterocycles. The van der Waals surface area contributed by atoms with Crippen molar-refractivity contribution in [2.24, 2.45) is 17.8 Å². The van der Waals surface area contributed by atoms with Crippen molar-refractivity contribution >= 4 is 33.6 Å². The second-order valence-corrected chi connectivity index (χ2v) is 9.46. The molecule has 3 heterocycles. The van der Waals surface area contributed by atoms with E-state index in [1.54, 1.807) is 6.20 Å². The largest absolute Gasteiger partial charge is 0.444 e. The van der Waals surface area contributed by atoms with E-state index in [9.17, 15) is 9.59 Å². The highest BCUT2D eigenvalue weighted by molar-refractivity contribution is 7.20. The average Bonchev–Trinajstić information content (AvgIpc) is 3.00. The average molecular weight is 388 g/mol. The minimum atomic E-state index is -0.449. The predicted octanol–water partition coefficient (Wildman–Crippen LogP) is 3.53. The second-order valence-electron chi connectivity index (χ2n) is 8.43. The van der Waals surface area contributed by atoms with Gasteiger partial charge in [-0.1, -0.05) is 6.07 Å². The number of hydrogen-bond acceptors (Lipinski definition) is 5. The normalized spacial score (nSPS) is 24.0. The first-order chi connectivity index (χ1) is 12.8. The summed E-state index contributed by atoms with van der Waals surface area (Å²) < 4.78 is 5.44. The number of nitrogens with zero attached hydrogens (tertiary/aromatic N) is 2. The molecule has 144 valence electrons. The Bertz CT molecular complexity index is 828. The number of aromatic nitrogens is 1. The number of piperidine rings is 1. The van der Waals surface area contributed by atoms with Crippen LogP contribution in [0.3, 0.4) is 0 Å². The third-order valence-electron chi connectivity index (χ3n) is 5.30. The van der Waals surface area contributed by atoms with Crippen LogP contribution in [0.15, 0.2) is 24.4 Å². The Labute approximate surface area is 162 Å². The second kappa shape index (κ2) is 6.78. The Morgan fingerprint density at radius 1 is 1.33 bits per heavy atom. The summed E-state index contributed by atoms with van der Waals surface area (Å²) in [6.45, 7) is 7.89. The van der Waals surface area contributed by atoms with Gasteiger partial charge in [0, 0.05) is 31.2 Å². The molecule has 2 unspecified atom stereocenters. The molecule has 1 N–H and O–H groups in total. The maximum absolute atomic E-state index is 12.3. The van der Waals surface area contributed by atoms with E-state index < -0.39 is 5.60 Å². The molecule has 0 spiro atoms. The fraction of sp³-hybridized carbons (Fsp3) is 0.550. The van der Waals surface area contributed by atoms with Crippen LogP contribution in [-0.2, 0) is 4.74 Å². The number of nitrogens with one attached hydrogen (secondary N) is 1. The van der Waals surface area contributed by atoms with Gasteiger partial charge < -0.3 is 15.0 Å². The molecule has 1 aliphatic carbocycles. The van der Waals surface area contributed by atoms with E-state index in [1.807, 2.05) is 43.9 Å². The van der Waals surface area contributed by atoms with E-state index in [1.165, 1.54) is 11.3 Å². The number of thiophene rings is 1. The van der Waals surface area contributed by atoms with Crippen LogP contribution in [0.4, 0.5) is 4.79 Å². The zero-order chi connectivity index (χ0) is 19.2. The molecule has 27 heavy (non-hydrogen) atoms. The molecule has 4 rings (SSSR count). The summed E-state index contributed by atoms with van der Waals surface area (Å²) in [6.07, 6.45) is 2.50. The molecule has 6 nitrogen and oxygen atoms in total. The number of carbonyl (C=O) groups is 2. The van der Waals surface area contributed by atoms with E-state index in [0.29, 0.717) is 29.2 Å². The zero-order valence-corrected chi connectivity index (χ0v) is 16.7. The summed E-state index contributed by atoms with van der Waals surface area (Å²) in [7, 11) is 0. The van der Waals surface area contributed by atoms with Gasteiger partial charge in [-0.25, -0.2) is 9.78 Å². The number of fused-ring (bicyclic) bond motifs is 2. The first kappa shape index (κ1) is 18.2. The first-order valence-electron chi connectivity index (χ1n) is 9.42. The molecule has 2 aliphatic rings. The molecule has 2 atom stereocenters. The summed E-state index contributed by atoms with van der Waals surface area (Å²) >= 11 is 1.42. The highest BCUT2D eigenvalue weighted by Crippen LogP contribution is 2.53. The van der Waals surface area contributed by atoms with E-state index in [2.05, 4.69) is 10.3 Å².